The molecule has 1 saturated heterocycles. The molecule has 14 heteroatoms. The van der Waals surface area contributed by atoms with Gasteiger partial charge < -0.3 is 13.8 Å². The van der Waals surface area contributed by atoms with Gasteiger partial charge in [-0.1, -0.05) is 23.3 Å². The molecular weight excluding hydrogens is 491 g/mol. The summed E-state index contributed by atoms with van der Waals surface area (Å²) >= 11 is 0. The number of pyridine rings is 1. The van der Waals surface area contributed by atoms with E-state index in [4.69, 9.17) is 23.8 Å². The van der Waals surface area contributed by atoms with E-state index in [-0.39, 0.29) is 24.5 Å². The summed E-state index contributed by atoms with van der Waals surface area (Å²) in [6.07, 6.45) is 1.12. The third-order valence-electron chi connectivity index (χ3n) is 5.32. The van der Waals surface area contributed by atoms with Gasteiger partial charge in [0.25, 0.3) is 5.56 Å². The maximum Gasteiger partial charge on any atom is 0.587 e. The van der Waals surface area contributed by atoms with Gasteiger partial charge in [0, 0.05) is 28.8 Å². The molecule has 3 heterocycles. The average molecular weight is 514 g/mol. The van der Waals surface area contributed by atoms with Crippen molar-refractivity contribution in [3.8, 4) is 11.5 Å². The van der Waals surface area contributed by atoms with E-state index in [0.29, 0.717) is 5.56 Å². The third kappa shape index (κ3) is 6.02. The van der Waals surface area contributed by atoms with Crippen molar-refractivity contribution in [2.45, 2.75) is 38.6 Å². The zero-order valence-corrected chi connectivity index (χ0v) is 20.3. The first kappa shape index (κ1) is 25.2. The highest BCUT2D eigenvalue weighted by Gasteiger charge is 2.40. The molecule has 0 saturated carbocycles. The Kier molecular flexibility index (Phi) is 7.56. The van der Waals surface area contributed by atoms with Crippen LogP contribution in [0.25, 0.3) is 10.4 Å². The molecule has 36 heavy (non-hydrogen) atoms. The Morgan fingerprint density at radius 3 is 2.64 bits per heavy atom. The fourth-order valence-corrected chi connectivity index (χ4v) is 4.73. The molecule has 3 aromatic rings. The normalized spacial score (nSPS) is 20.8. The van der Waals surface area contributed by atoms with Crippen molar-refractivity contribution in [1.29, 1.82) is 0 Å². The van der Waals surface area contributed by atoms with Gasteiger partial charge in [0.2, 0.25) is 0 Å². The maximum atomic E-state index is 13.6. The molecule has 13 nitrogen and oxygen atoms in total. The number of phosphoric ester groups is 1. The number of ether oxygens (including phenoxy) is 1. The summed E-state index contributed by atoms with van der Waals surface area (Å²) in [5.74, 6) is 0.403. The van der Waals surface area contributed by atoms with Crippen LogP contribution >= 0.6 is 7.82 Å². The number of para-hydroxylation sites is 1. The van der Waals surface area contributed by atoms with Gasteiger partial charge in [-0.05, 0) is 43.6 Å². The number of aromatic amines is 1. The van der Waals surface area contributed by atoms with Gasteiger partial charge >= 0.3 is 13.5 Å². The van der Waals surface area contributed by atoms with Crippen LogP contribution in [0, 0.1) is 13.8 Å². The van der Waals surface area contributed by atoms with E-state index in [9.17, 15) is 14.2 Å². The molecule has 1 aromatic carbocycles. The summed E-state index contributed by atoms with van der Waals surface area (Å²) < 4.78 is 37.5. The van der Waals surface area contributed by atoms with Gasteiger partial charge in [0.05, 0.1) is 24.9 Å². The molecule has 0 aliphatic carbocycles. The molecule has 2 aromatic heterocycles. The van der Waals surface area contributed by atoms with Crippen LogP contribution < -0.4 is 20.3 Å². The van der Waals surface area contributed by atoms with Gasteiger partial charge in [-0.2, -0.15) is 0 Å². The summed E-state index contributed by atoms with van der Waals surface area (Å²) in [5, 5.41) is 3.74. The number of nitrogens with zero attached hydrogens (tertiary/aromatic N) is 5. The number of benzene rings is 1. The van der Waals surface area contributed by atoms with Crippen LogP contribution in [0.2, 0.25) is 0 Å². The van der Waals surface area contributed by atoms with Crippen LogP contribution in [0.5, 0.6) is 11.5 Å². The van der Waals surface area contributed by atoms with Crippen molar-refractivity contribution < 1.29 is 22.9 Å². The number of aromatic nitrogens is 3. The van der Waals surface area contributed by atoms with Crippen LogP contribution in [-0.2, 0) is 13.8 Å². The van der Waals surface area contributed by atoms with Crippen molar-refractivity contribution in [2.75, 3.05) is 6.61 Å². The molecule has 1 aliphatic heterocycles. The zero-order chi connectivity index (χ0) is 25.7. The lowest BCUT2D eigenvalue weighted by Gasteiger charge is -2.22. The number of aryl methyl sites for hydroxylation is 2. The first-order valence-corrected chi connectivity index (χ1v) is 12.4. The van der Waals surface area contributed by atoms with E-state index >= 15 is 0 Å². The smallest absolute Gasteiger partial charge is 0.395 e. The molecule has 2 unspecified atom stereocenters. The standard InChI is InChI=1S/C22H23N6O7P/c1-14-12-28(22(30)25-21(14)29)20-10-18(26-27-23)19(33-20)13-32-36(31,34-16-6-4-3-5-7-16)35-17-9-8-15(2)24-11-17/h3-9,11-12,18-20H,10,13H2,1-2H3,(H,25,29,30)/t18?,19-,20-,36?/m1/s1. The lowest BCUT2D eigenvalue weighted by atomic mass is 10.1. The molecule has 1 fully saturated rings. The molecule has 4 atom stereocenters. The number of hydrogen-bond acceptors (Lipinski definition) is 9. The second kappa shape index (κ2) is 10.8. The molecule has 4 rings (SSSR count). The van der Waals surface area contributed by atoms with Crippen molar-refractivity contribution in [3.05, 3.63) is 97.4 Å². The molecule has 1 N–H and O–H groups in total. The largest absolute Gasteiger partial charge is 0.587 e. The monoisotopic (exact) mass is 514 g/mol. The van der Waals surface area contributed by atoms with E-state index in [2.05, 4.69) is 20.0 Å². The highest BCUT2D eigenvalue weighted by atomic mass is 31.2. The van der Waals surface area contributed by atoms with Crippen molar-refractivity contribution in [1.82, 2.24) is 14.5 Å². The maximum absolute atomic E-state index is 13.6. The van der Waals surface area contributed by atoms with Gasteiger partial charge in [-0.25, -0.2) is 9.36 Å². The van der Waals surface area contributed by atoms with Gasteiger partial charge in [-0.15, -0.1) is 0 Å². The van der Waals surface area contributed by atoms with Crippen LogP contribution in [0.1, 0.15) is 23.9 Å². The first-order valence-electron chi connectivity index (χ1n) is 10.9. The van der Waals surface area contributed by atoms with Gasteiger partial charge in [0.1, 0.15) is 12.0 Å². The Morgan fingerprint density at radius 2 is 1.94 bits per heavy atom. The summed E-state index contributed by atoms with van der Waals surface area (Å²) in [7, 11) is -4.26. The minimum absolute atomic E-state index is 0.121. The Hall–Kier alpha value is -3.89. The summed E-state index contributed by atoms with van der Waals surface area (Å²) in [5.41, 5.74) is 8.86. The topological polar surface area (TPSA) is 170 Å². The second-order valence-electron chi connectivity index (χ2n) is 7.99. The van der Waals surface area contributed by atoms with Gasteiger partial charge in [-0.3, -0.25) is 23.9 Å². The zero-order valence-electron chi connectivity index (χ0n) is 19.4. The molecule has 188 valence electrons. The summed E-state index contributed by atoms with van der Waals surface area (Å²) in [6, 6.07) is 10.8. The Labute approximate surface area is 204 Å². The first-order chi connectivity index (χ1) is 17.3. The van der Waals surface area contributed by atoms with E-state index in [1.807, 2.05) is 0 Å². The second-order valence-corrected chi connectivity index (χ2v) is 9.51. The number of nitrogens with one attached hydrogen (secondary N) is 1. The molecule has 0 radical (unpaired) electrons. The number of H-pyrrole nitrogens is 1. The molecule has 0 amide bonds. The fraction of sp³-hybridized carbons (Fsp3) is 0.318. The minimum Gasteiger partial charge on any atom is -0.395 e. The highest BCUT2D eigenvalue weighted by molar-refractivity contribution is 7.49. The van der Waals surface area contributed by atoms with Crippen molar-refractivity contribution >= 4 is 7.82 Å². The Bertz CT molecular complexity index is 1420. The lowest BCUT2D eigenvalue weighted by molar-refractivity contribution is -0.0260. The fourth-order valence-electron chi connectivity index (χ4n) is 3.51. The van der Waals surface area contributed by atoms with E-state index in [1.165, 1.54) is 17.0 Å². The van der Waals surface area contributed by atoms with Crippen LogP contribution in [0.15, 0.2) is 69.6 Å². The molecule has 1 aliphatic rings. The summed E-state index contributed by atoms with van der Waals surface area (Å²) in [6.45, 7) is 2.99. The SMILES string of the molecule is Cc1ccc(OP(=O)(OC[C@H]2O[C@@H](n3cc(C)c(=O)[nH]c3=O)CC2N=[N+]=[N-])Oc2ccccc2)cn1. The minimum atomic E-state index is -4.26. The quantitative estimate of drug-likeness (QED) is 0.194. The lowest BCUT2D eigenvalue weighted by Crippen LogP contribution is -2.33. The van der Waals surface area contributed by atoms with E-state index in [0.717, 1.165) is 5.69 Å². The van der Waals surface area contributed by atoms with E-state index in [1.54, 1.807) is 56.3 Å². The number of hydrogen-bond donors (Lipinski definition) is 1. The summed E-state index contributed by atoms with van der Waals surface area (Å²) in [4.78, 5) is 33.2. The van der Waals surface area contributed by atoms with Gasteiger partial charge in [0.15, 0.2) is 5.75 Å². The average Bonchev–Trinajstić information content (AvgIpc) is 3.25. The Balaban J connectivity index is 1.55. The number of phosphoric acid groups is 1. The number of azide groups is 1. The van der Waals surface area contributed by atoms with Crippen molar-refractivity contribution in [2.24, 2.45) is 5.11 Å². The molecular formula is C22H23N6O7P. The van der Waals surface area contributed by atoms with Crippen LogP contribution in [0.4, 0.5) is 0 Å². The van der Waals surface area contributed by atoms with Crippen LogP contribution in [-0.4, -0.2) is 33.3 Å². The number of rotatable bonds is 9. The highest BCUT2D eigenvalue weighted by Crippen LogP contribution is 2.50. The molecule has 0 spiro atoms. The molecule has 0 bridgehead atoms. The van der Waals surface area contributed by atoms with Crippen LogP contribution in [0.3, 0.4) is 0 Å². The van der Waals surface area contributed by atoms with E-state index < -0.39 is 37.4 Å². The third-order valence-corrected chi connectivity index (χ3v) is 6.65. The van der Waals surface area contributed by atoms with Crippen molar-refractivity contribution in [3.63, 3.8) is 0 Å². The predicted octanol–water partition coefficient (Wildman–Crippen LogP) is 3.80. The Morgan fingerprint density at radius 1 is 1.19 bits per heavy atom. The predicted molar refractivity (Wildman–Crippen MR) is 128 cm³/mol.